The van der Waals surface area contributed by atoms with Gasteiger partial charge < -0.3 is 21.7 Å². The van der Waals surface area contributed by atoms with Crippen LogP contribution in [-0.2, 0) is 0 Å². The lowest BCUT2D eigenvalue weighted by molar-refractivity contribution is 0.439. The van der Waals surface area contributed by atoms with Crippen molar-refractivity contribution in [3.05, 3.63) is 23.8 Å². The Morgan fingerprint density at radius 1 is 1.27 bits per heavy atom. The third-order valence-electron chi connectivity index (χ3n) is 2.13. The number of phenolic OH excluding ortho intramolecular Hbond substituents is 2. The van der Waals surface area contributed by atoms with Gasteiger partial charge in [-0.25, -0.2) is 0 Å². The predicted molar refractivity (Wildman–Crippen MR) is 62.2 cm³/mol. The number of nitrogens with two attached hydrogens (primary N) is 2. The van der Waals surface area contributed by atoms with E-state index in [-0.39, 0.29) is 29.9 Å². The molecule has 5 heteroatoms. The molecule has 0 bridgehead atoms. The maximum absolute atomic E-state index is 9.49. The quantitative estimate of drug-likeness (QED) is 0.629. The maximum Gasteiger partial charge on any atom is 0.124 e. The van der Waals surface area contributed by atoms with Gasteiger partial charge in [-0.15, -0.1) is 12.4 Å². The van der Waals surface area contributed by atoms with E-state index in [9.17, 15) is 5.11 Å². The van der Waals surface area contributed by atoms with E-state index in [1.165, 1.54) is 12.1 Å². The molecule has 0 aliphatic carbocycles. The van der Waals surface area contributed by atoms with Crippen LogP contribution in [0.5, 0.6) is 11.5 Å². The molecule has 1 atom stereocenters. The van der Waals surface area contributed by atoms with Gasteiger partial charge in [0.25, 0.3) is 0 Å². The van der Waals surface area contributed by atoms with Crippen molar-refractivity contribution in [2.24, 2.45) is 11.5 Å². The van der Waals surface area contributed by atoms with Gasteiger partial charge in [-0.05, 0) is 25.5 Å². The Hall–Kier alpha value is -0.970. The highest BCUT2D eigenvalue weighted by molar-refractivity contribution is 5.85. The summed E-state index contributed by atoms with van der Waals surface area (Å²) < 4.78 is 0. The van der Waals surface area contributed by atoms with Crippen LogP contribution < -0.4 is 11.5 Å². The maximum atomic E-state index is 9.49. The fourth-order valence-electron chi connectivity index (χ4n) is 1.34. The van der Waals surface area contributed by atoms with Crippen LogP contribution in [0.4, 0.5) is 0 Å². The third-order valence-corrected chi connectivity index (χ3v) is 2.13. The molecule has 86 valence electrons. The highest BCUT2D eigenvalue weighted by atomic mass is 35.5. The molecule has 1 rings (SSSR count). The monoisotopic (exact) mass is 232 g/mol. The second-order valence-corrected chi connectivity index (χ2v) is 3.28. The van der Waals surface area contributed by atoms with Gasteiger partial charge in [-0.2, -0.15) is 0 Å². The molecule has 6 N–H and O–H groups in total. The SMILES string of the molecule is Cl.NCCC[C@@H](N)c1ccc(O)cc1O. The van der Waals surface area contributed by atoms with Crippen LogP contribution >= 0.6 is 12.4 Å². The molecular formula is C10H17ClN2O2. The van der Waals surface area contributed by atoms with E-state index in [0.29, 0.717) is 12.1 Å². The summed E-state index contributed by atoms with van der Waals surface area (Å²) in [6.45, 7) is 0.590. The van der Waals surface area contributed by atoms with Gasteiger partial charge >= 0.3 is 0 Å². The van der Waals surface area contributed by atoms with Gasteiger partial charge in [0.1, 0.15) is 11.5 Å². The number of hydrogen-bond acceptors (Lipinski definition) is 4. The molecule has 0 fully saturated rings. The lowest BCUT2D eigenvalue weighted by atomic mass is 10.0. The minimum absolute atomic E-state index is 0. The molecule has 0 unspecified atom stereocenters. The summed E-state index contributed by atoms with van der Waals surface area (Å²) in [7, 11) is 0. The molecule has 0 saturated carbocycles. The fourth-order valence-corrected chi connectivity index (χ4v) is 1.34. The van der Waals surface area contributed by atoms with Crippen molar-refractivity contribution in [1.29, 1.82) is 0 Å². The largest absolute Gasteiger partial charge is 0.508 e. The van der Waals surface area contributed by atoms with E-state index in [4.69, 9.17) is 16.6 Å². The lowest BCUT2D eigenvalue weighted by Crippen LogP contribution is -2.12. The second-order valence-electron chi connectivity index (χ2n) is 3.28. The first-order chi connectivity index (χ1) is 6.65. The number of benzene rings is 1. The molecule has 15 heavy (non-hydrogen) atoms. The highest BCUT2D eigenvalue weighted by Gasteiger charge is 2.10. The van der Waals surface area contributed by atoms with E-state index in [0.717, 1.165) is 12.8 Å². The van der Waals surface area contributed by atoms with Gasteiger partial charge in [-0.1, -0.05) is 6.07 Å². The van der Waals surface area contributed by atoms with Crippen molar-refractivity contribution in [2.45, 2.75) is 18.9 Å². The number of hydrogen-bond donors (Lipinski definition) is 4. The topological polar surface area (TPSA) is 92.5 Å². The highest BCUT2D eigenvalue weighted by Crippen LogP contribution is 2.28. The molecular weight excluding hydrogens is 216 g/mol. The summed E-state index contributed by atoms with van der Waals surface area (Å²) in [6, 6.07) is 4.21. The minimum atomic E-state index is -0.223. The summed E-state index contributed by atoms with van der Waals surface area (Å²) in [5.74, 6) is 0.0757. The number of halogens is 1. The Labute approximate surface area is 95.3 Å². The average Bonchev–Trinajstić information content (AvgIpc) is 2.14. The number of aromatic hydroxyl groups is 2. The first-order valence-electron chi connectivity index (χ1n) is 4.62. The van der Waals surface area contributed by atoms with Crippen LogP contribution in [-0.4, -0.2) is 16.8 Å². The Morgan fingerprint density at radius 3 is 2.47 bits per heavy atom. The molecule has 0 spiro atoms. The predicted octanol–water partition coefficient (Wildman–Crippen LogP) is 1.26. The fraction of sp³-hybridized carbons (Fsp3) is 0.400. The van der Waals surface area contributed by atoms with Crippen molar-refractivity contribution in [2.75, 3.05) is 6.54 Å². The van der Waals surface area contributed by atoms with E-state index >= 15 is 0 Å². The third kappa shape index (κ3) is 3.95. The summed E-state index contributed by atoms with van der Waals surface area (Å²) >= 11 is 0. The first-order valence-corrected chi connectivity index (χ1v) is 4.62. The Bertz CT molecular complexity index is 307. The van der Waals surface area contributed by atoms with Crippen LogP contribution in [0.15, 0.2) is 18.2 Å². The minimum Gasteiger partial charge on any atom is -0.508 e. The molecule has 0 heterocycles. The van der Waals surface area contributed by atoms with Crippen LogP contribution in [0, 0.1) is 0 Å². The van der Waals surface area contributed by atoms with Gasteiger partial charge in [0.2, 0.25) is 0 Å². The van der Waals surface area contributed by atoms with Crippen LogP contribution in [0.3, 0.4) is 0 Å². The summed E-state index contributed by atoms with van der Waals surface area (Å²) in [4.78, 5) is 0. The van der Waals surface area contributed by atoms with Gasteiger partial charge in [-0.3, -0.25) is 0 Å². The summed E-state index contributed by atoms with van der Waals surface area (Å²) in [6.07, 6.45) is 1.55. The molecule has 4 nitrogen and oxygen atoms in total. The zero-order valence-electron chi connectivity index (χ0n) is 8.39. The molecule has 1 aromatic carbocycles. The normalized spacial score (nSPS) is 11.9. The molecule has 0 radical (unpaired) electrons. The van der Waals surface area contributed by atoms with Crippen LogP contribution in [0.2, 0.25) is 0 Å². The average molecular weight is 233 g/mol. The van der Waals surface area contributed by atoms with E-state index < -0.39 is 0 Å². The molecule has 0 aromatic heterocycles. The van der Waals surface area contributed by atoms with Gasteiger partial charge in [0, 0.05) is 17.7 Å². The standard InChI is InChI=1S/C10H16N2O2.ClH/c11-5-1-2-9(12)8-4-3-7(13)6-10(8)14;/h3-4,6,9,13-14H,1-2,5,11-12H2;1H/t9-;/m1./s1. The smallest absolute Gasteiger partial charge is 0.124 e. The van der Waals surface area contributed by atoms with Gasteiger partial charge in [0.15, 0.2) is 0 Å². The zero-order valence-corrected chi connectivity index (χ0v) is 9.20. The lowest BCUT2D eigenvalue weighted by Gasteiger charge is -2.12. The number of rotatable bonds is 4. The van der Waals surface area contributed by atoms with Crippen molar-refractivity contribution >= 4 is 12.4 Å². The van der Waals surface area contributed by atoms with Crippen molar-refractivity contribution in [3.8, 4) is 11.5 Å². The van der Waals surface area contributed by atoms with E-state index in [1.807, 2.05) is 0 Å². The Balaban J connectivity index is 0.00000196. The molecule has 0 amide bonds. The summed E-state index contributed by atoms with van der Waals surface area (Å²) in [5.41, 5.74) is 11.8. The van der Waals surface area contributed by atoms with Crippen LogP contribution in [0.25, 0.3) is 0 Å². The first kappa shape index (κ1) is 14.0. The second kappa shape index (κ2) is 6.50. The molecule has 0 saturated heterocycles. The van der Waals surface area contributed by atoms with Gasteiger partial charge in [0.05, 0.1) is 0 Å². The molecule has 0 aliphatic heterocycles. The molecule has 1 aromatic rings. The zero-order chi connectivity index (χ0) is 10.6. The van der Waals surface area contributed by atoms with E-state index in [2.05, 4.69) is 0 Å². The van der Waals surface area contributed by atoms with Crippen molar-refractivity contribution < 1.29 is 10.2 Å². The summed E-state index contributed by atoms with van der Waals surface area (Å²) in [5, 5.41) is 18.6. The van der Waals surface area contributed by atoms with Crippen molar-refractivity contribution in [1.82, 2.24) is 0 Å². The molecule has 0 aliphatic rings. The van der Waals surface area contributed by atoms with Crippen LogP contribution in [0.1, 0.15) is 24.4 Å². The number of phenols is 2. The van der Waals surface area contributed by atoms with Crippen molar-refractivity contribution in [3.63, 3.8) is 0 Å². The Morgan fingerprint density at radius 2 is 1.93 bits per heavy atom. The van der Waals surface area contributed by atoms with E-state index in [1.54, 1.807) is 6.07 Å². The Kier molecular flexibility index (Phi) is 6.08.